The van der Waals surface area contributed by atoms with Gasteiger partial charge in [0.05, 0.1) is 11.6 Å². The Morgan fingerprint density at radius 2 is 1.90 bits per heavy atom. The van der Waals surface area contributed by atoms with Crippen LogP contribution in [0.15, 0.2) is 46.9 Å². The number of ether oxygens (including phenoxy) is 1. The van der Waals surface area contributed by atoms with Crippen LogP contribution < -0.4 is 10.1 Å². The zero-order valence-electron chi connectivity index (χ0n) is 11.5. The fraction of sp³-hybridized carbons (Fsp3) is 0.250. The van der Waals surface area contributed by atoms with Gasteiger partial charge in [0.25, 0.3) is 0 Å². The van der Waals surface area contributed by atoms with E-state index in [4.69, 9.17) is 4.74 Å². The van der Waals surface area contributed by atoms with E-state index in [9.17, 15) is 4.39 Å². The molecule has 2 nitrogen and oxygen atoms in total. The number of benzene rings is 2. The maximum atomic E-state index is 13.6. The third-order valence-electron chi connectivity index (χ3n) is 3.29. The van der Waals surface area contributed by atoms with Crippen LogP contribution in [0.5, 0.6) is 5.75 Å². The third-order valence-corrected chi connectivity index (χ3v) is 3.94. The van der Waals surface area contributed by atoms with Gasteiger partial charge in [0.2, 0.25) is 0 Å². The number of methoxy groups -OCH3 is 1. The number of nitrogens with one attached hydrogen (secondary N) is 1. The van der Waals surface area contributed by atoms with Crippen molar-refractivity contribution in [2.75, 3.05) is 14.2 Å². The zero-order chi connectivity index (χ0) is 14.5. The summed E-state index contributed by atoms with van der Waals surface area (Å²) < 4.78 is 19.3. The van der Waals surface area contributed by atoms with Gasteiger partial charge >= 0.3 is 0 Å². The van der Waals surface area contributed by atoms with Gasteiger partial charge in [-0.25, -0.2) is 4.39 Å². The molecule has 2 aromatic carbocycles. The monoisotopic (exact) mass is 337 g/mol. The number of likely N-dealkylation sites (N-methyl/N-ethyl adjacent to an activating group) is 1. The molecule has 0 aliphatic heterocycles. The van der Waals surface area contributed by atoms with Crippen molar-refractivity contribution in [2.24, 2.45) is 0 Å². The minimum Gasteiger partial charge on any atom is -0.497 e. The zero-order valence-corrected chi connectivity index (χ0v) is 13.1. The van der Waals surface area contributed by atoms with Gasteiger partial charge in [-0.3, -0.25) is 0 Å². The van der Waals surface area contributed by atoms with Crippen molar-refractivity contribution >= 4 is 15.9 Å². The molecule has 0 radical (unpaired) electrons. The minimum absolute atomic E-state index is 0.0750. The molecule has 2 aromatic rings. The van der Waals surface area contributed by atoms with Crippen molar-refractivity contribution in [1.29, 1.82) is 0 Å². The molecule has 0 saturated carbocycles. The van der Waals surface area contributed by atoms with E-state index in [1.165, 1.54) is 5.56 Å². The van der Waals surface area contributed by atoms with Gasteiger partial charge in [-0.15, -0.1) is 0 Å². The summed E-state index contributed by atoms with van der Waals surface area (Å²) in [5.74, 6) is 0.599. The Hall–Kier alpha value is -1.39. The average Bonchev–Trinajstić information content (AvgIpc) is 2.48. The van der Waals surface area contributed by atoms with E-state index in [0.29, 0.717) is 4.47 Å². The van der Waals surface area contributed by atoms with Gasteiger partial charge in [-0.1, -0.05) is 18.2 Å². The van der Waals surface area contributed by atoms with Gasteiger partial charge in [0.15, 0.2) is 0 Å². The lowest BCUT2D eigenvalue weighted by Gasteiger charge is -2.17. The molecule has 20 heavy (non-hydrogen) atoms. The summed E-state index contributed by atoms with van der Waals surface area (Å²) >= 11 is 3.17. The van der Waals surface area contributed by atoms with Crippen LogP contribution in [0.25, 0.3) is 0 Å². The van der Waals surface area contributed by atoms with Crippen molar-refractivity contribution in [3.63, 3.8) is 0 Å². The van der Waals surface area contributed by atoms with Gasteiger partial charge in [-0.05, 0) is 64.8 Å². The van der Waals surface area contributed by atoms with E-state index < -0.39 is 0 Å². The molecule has 1 N–H and O–H groups in total. The summed E-state index contributed by atoms with van der Waals surface area (Å²) in [7, 11) is 3.53. The van der Waals surface area contributed by atoms with E-state index >= 15 is 0 Å². The first-order valence-corrected chi connectivity index (χ1v) is 7.18. The molecule has 0 saturated heterocycles. The van der Waals surface area contributed by atoms with Crippen LogP contribution in [0.4, 0.5) is 4.39 Å². The summed E-state index contributed by atoms with van der Waals surface area (Å²) in [6.45, 7) is 0. The van der Waals surface area contributed by atoms with Crippen molar-refractivity contribution in [3.05, 3.63) is 63.9 Å². The third kappa shape index (κ3) is 3.58. The van der Waals surface area contributed by atoms with Crippen molar-refractivity contribution < 1.29 is 9.13 Å². The van der Waals surface area contributed by atoms with Crippen LogP contribution in [-0.4, -0.2) is 14.2 Å². The smallest absolute Gasteiger partial charge is 0.137 e. The van der Waals surface area contributed by atoms with E-state index in [1.807, 2.05) is 37.4 Å². The van der Waals surface area contributed by atoms with Gasteiger partial charge < -0.3 is 10.1 Å². The molecule has 0 bridgehead atoms. The second-order valence-corrected chi connectivity index (χ2v) is 5.42. The maximum Gasteiger partial charge on any atom is 0.137 e. The van der Waals surface area contributed by atoms with E-state index in [2.05, 4.69) is 21.2 Å². The Labute approximate surface area is 127 Å². The Bertz CT molecular complexity index is 571. The second kappa shape index (κ2) is 6.86. The fourth-order valence-corrected chi connectivity index (χ4v) is 2.36. The topological polar surface area (TPSA) is 21.3 Å². The molecule has 1 unspecified atom stereocenters. The first-order chi connectivity index (χ1) is 9.63. The molecule has 0 amide bonds. The van der Waals surface area contributed by atoms with Crippen LogP contribution in [0.3, 0.4) is 0 Å². The summed E-state index contributed by atoms with van der Waals surface area (Å²) in [6, 6.07) is 13.2. The van der Waals surface area contributed by atoms with Crippen LogP contribution >= 0.6 is 15.9 Å². The summed E-state index contributed by atoms with van der Waals surface area (Å²) in [5, 5.41) is 3.23. The maximum absolute atomic E-state index is 13.6. The number of rotatable bonds is 5. The van der Waals surface area contributed by atoms with Gasteiger partial charge in [0.1, 0.15) is 11.6 Å². The molecule has 0 aromatic heterocycles. The first kappa shape index (κ1) is 15.0. The van der Waals surface area contributed by atoms with Crippen LogP contribution in [0.1, 0.15) is 17.2 Å². The van der Waals surface area contributed by atoms with Gasteiger partial charge in [0, 0.05) is 6.04 Å². The second-order valence-electron chi connectivity index (χ2n) is 4.57. The van der Waals surface area contributed by atoms with Crippen LogP contribution in [0, 0.1) is 5.82 Å². The summed E-state index contributed by atoms with van der Waals surface area (Å²) in [6.07, 6.45) is 0.793. The average molecular weight is 338 g/mol. The number of hydrogen-bond donors (Lipinski definition) is 1. The molecular weight excluding hydrogens is 321 g/mol. The van der Waals surface area contributed by atoms with E-state index in [0.717, 1.165) is 17.7 Å². The van der Waals surface area contributed by atoms with E-state index in [1.54, 1.807) is 19.2 Å². The highest BCUT2D eigenvalue weighted by Gasteiger charge is 2.12. The molecule has 1 atom stereocenters. The quantitative estimate of drug-likeness (QED) is 0.886. The molecule has 0 aliphatic carbocycles. The summed E-state index contributed by atoms with van der Waals surface area (Å²) in [5.41, 5.74) is 2.11. The molecule has 4 heteroatoms. The molecule has 2 rings (SSSR count). The van der Waals surface area contributed by atoms with Gasteiger partial charge in [-0.2, -0.15) is 0 Å². The lowest BCUT2D eigenvalue weighted by atomic mass is 9.99. The minimum atomic E-state index is -0.238. The molecular formula is C16H17BrFNO. The Morgan fingerprint density at radius 1 is 1.20 bits per heavy atom. The number of hydrogen-bond acceptors (Lipinski definition) is 2. The van der Waals surface area contributed by atoms with Crippen LogP contribution in [0.2, 0.25) is 0 Å². The molecule has 106 valence electrons. The highest BCUT2D eigenvalue weighted by Crippen LogP contribution is 2.24. The highest BCUT2D eigenvalue weighted by atomic mass is 79.9. The molecule has 0 fully saturated rings. The Balaban J connectivity index is 2.16. The highest BCUT2D eigenvalue weighted by molar-refractivity contribution is 9.10. The molecule has 0 spiro atoms. The van der Waals surface area contributed by atoms with E-state index in [-0.39, 0.29) is 11.9 Å². The normalized spacial score (nSPS) is 12.2. The van der Waals surface area contributed by atoms with Crippen LogP contribution in [-0.2, 0) is 6.42 Å². The lowest BCUT2D eigenvalue weighted by Crippen LogP contribution is -2.19. The SMILES string of the molecule is CNC(Cc1ccc(OC)cc1)c1ccc(Br)c(F)c1. The predicted molar refractivity (Wildman–Crippen MR) is 82.6 cm³/mol. The van der Waals surface area contributed by atoms with Crippen molar-refractivity contribution in [3.8, 4) is 5.75 Å². The number of halogens is 2. The first-order valence-electron chi connectivity index (χ1n) is 6.39. The molecule has 0 heterocycles. The fourth-order valence-electron chi connectivity index (χ4n) is 2.11. The standard InChI is InChI=1S/C16H17BrFNO/c1-19-16(12-5-8-14(17)15(18)10-12)9-11-3-6-13(20-2)7-4-11/h3-8,10,16,19H,9H2,1-2H3. The Morgan fingerprint density at radius 3 is 2.45 bits per heavy atom. The Kier molecular flexibility index (Phi) is 5.15. The largest absolute Gasteiger partial charge is 0.497 e. The summed E-state index contributed by atoms with van der Waals surface area (Å²) in [4.78, 5) is 0. The lowest BCUT2D eigenvalue weighted by molar-refractivity contribution is 0.414. The van der Waals surface area contributed by atoms with Crippen molar-refractivity contribution in [2.45, 2.75) is 12.5 Å². The predicted octanol–water partition coefficient (Wildman–Crippen LogP) is 4.10. The van der Waals surface area contributed by atoms with Crippen molar-refractivity contribution in [1.82, 2.24) is 5.32 Å². The molecule has 0 aliphatic rings.